The molecule has 5 heteroatoms. The van der Waals surface area contributed by atoms with E-state index in [9.17, 15) is 13.6 Å². The van der Waals surface area contributed by atoms with Crippen LogP contribution in [0.1, 0.15) is 25.3 Å². The summed E-state index contributed by atoms with van der Waals surface area (Å²) in [5, 5.41) is 6.24. The molecule has 0 aliphatic carbocycles. The Morgan fingerprint density at radius 2 is 2.25 bits per heavy atom. The minimum absolute atomic E-state index is 0.104. The van der Waals surface area contributed by atoms with E-state index >= 15 is 0 Å². The van der Waals surface area contributed by atoms with Crippen molar-refractivity contribution in [3.05, 3.63) is 35.4 Å². The van der Waals surface area contributed by atoms with Gasteiger partial charge < -0.3 is 10.6 Å². The van der Waals surface area contributed by atoms with E-state index in [0.29, 0.717) is 5.92 Å². The smallest absolute Gasteiger partial charge is 0.220 e. The van der Waals surface area contributed by atoms with Gasteiger partial charge in [0.1, 0.15) is 11.6 Å². The van der Waals surface area contributed by atoms with Crippen molar-refractivity contribution in [2.75, 3.05) is 13.1 Å². The second kappa shape index (κ2) is 6.79. The molecule has 0 radical (unpaired) electrons. The van der Waals surface area contributed by atoms with Crippen molar-refractivity contribution < 1.29 is 13.6 Å². The third kappa shape index (κ3) is 4.00. The molecule has 1 aromatic carbocycles. The van der Waals surface area contributed by atoms with E-state index in [2.05, 4.69) is 17.6 Å². The van der Waals surface area contributed by atoms with Crippen LogP contribution in [0.25, 0.3) is 0 Å². The molecule has 1 aromatic rings. The lowest BCUT2D eigenvalue weighted by atomic mass is 9.95. The lowest BCUT2D eigenvalue weighted by Gasteiger charge is -2.30. The molecule has 20 heavy (non-hydrogen) atoms. The number of nitrogens with one attached hydrogen (secondary N) is 2. The van der Waals surface area contributed by atoms with Crippen molar-refractivity contribution in [3.63, 3.8) is 0 Å². The molecule has 110 valence electrons. The van der Waals surface area contributed by atoms with Gasteiger partial charge in [-0.05, 0) is 55.6 Å². The van der Waals surface area contributed by atoms with Crippen LogP contribution in [0.5, 0.6) is 0 Å². The van der Waals surface area contributed by atoms with E-state index < -0.39 is 11.6 Å². The normalized spacial score (nSPS) is 22.6. The largest absolute Gasteiger partial charge is 0.353 e. The highest BCUT2D eigenvalue weighted by Crippen LogP contribution is 2.13. The minimum Gasteiger partial charge on any atom is -0.353 e. The van der Waals surface area contributed by atoms with Crippen LogP contribution in [-0.4, -0.2) is 25.0 Å². The lowest BCUT2D eigenvalue weighted by Crippen LogP contribution is -2.48. The Morgan fingerprint density at radius 1 is 1.45 bits per heavy atom. The van der Waals surface area contributed by atoms with Crippen LogP contribution in [0, 0.1) is 17.6 Å². The van der Waals surface area contributed by atoms with Crippen molar-refractivity contribution in [2.45, 2.75) is 32.2 Å². The Bertz CT molecular complexity index is 479. The third-order valence-electron chi connectivity index (χ3n) is 3.76. The van der Waals surface area contributed by atoms with Gasteiger partial charge in [-0.3, -0.25) is 4.79 Å². The molecule has 0 bridgehead atoms. The third-order valence-corrected chi connectivity index (χ3v) is 3.76. The van der Waals surface area contributed by atoms with Crippen LogP contribution in [0.3, 0.4) is 0 Å². The fourth-order valence-corrected chi connectivity index (χ4v) is 2.49. The maximum atomic E-state index is 13.4. The Kier molecular flexibility index (Phi) is 5.06. The molecule has 0 spiro atoms. The second-order valence-corrected chi connectivity index (χ2v) is 5.38. The monoisotopic (exact) mass is 282 g/mol. The predicted molar refractivity (Wildman–Crippen MR) is 73.3 cm³/mol. The van der Waals surface area contributed by atoms with Gasteiger partial charge in [-0.25, -0.2) is 8.78 Å². The zero-order chi connectivity index (χ0) is 14.5. The summed E-state index contributed by atoms with van der Waals surface area (Å²) < 4.78 is 26.5. The first-order chi connectivity index (χ1) is 9.56. The van der Waals surface area contributed by atoms with Crippen LogP contribution in [0.4, 0.5) is 8.78 Å². The molecule has 1 aliphatic heterocycles. The van der Waals surface area contributed by atoms with Gasteiger partial charge in [-0.15, -0.1) is 0 Å². The van der Waals surface area contributed by atoms with E-state index in [1.807, 2.05) is 0 Å². The molecule has 3 nitrogen and oxygen atoms in total. The molecule has 1 saturated heterocycles. The van der Waals surface area contributed by atoms with Gasteiger partial charge in [-0.2, -0.15) is 0 Å². The zero-order valence-corrected chi connectivity index (χ0v) is 11.6. The standard InChI is InChI=1S/C15H20F2N2O/c1-10-9-18-7-6-14(10)19-15(20)5-2-11-8-12(16)3-4-13(11)17/h3-4,8,10,14,18H,2,5-7,9H2,1H3,(H,19,20). The summed E-state index contributed by atoms with van der Waals surface area (Å²) in [5.41, 5.74) is 0.249. The van der Waals surface area contributed by atoms with Gasteiger partial charge in [0.25, 0.3) is 0 Å². The summed E-state index contributed by atoms with van der Waals surface area (Å²) in [4.78, 5) is 11.9. The number of benzene rings is 1. The van der Waals surface area contributed by atoms with Crippen molar-refractivity contribution in [3.8, 4) is 0 Å². The maximum Gasteiger partial charge on any atom is 0.220 e. The molecule has 2 atom stereocenters. The molecular weight excluding hydrogens is 262 g/mol. The molecule has 1 amide bonds. The summed E-state index contributed by atoms with van der Waals surface area (Å²) >= 11 is 0. The first-order valence-corrected chi connectivity index (χ1v) is 7.00. The van der Waals surface area contributed by atoms with E-state index in [1.54, 1.807) is 0 Å². The van der Waals surface area contributed by atoms with Gasteiger partial charge in [0.15, 0.2) is 0 Å². The highest BCUT2D eigenvalue weighted by molar-refractivity contribution is 5.76. The van der Waals surface area contributed by atoms with E-state index in [4.69, 9.17) is 0 Å². The van der Waals surface area contributed by atoms with Crippen LogP contribution in [0.15, 0.2) is 18.2 Å². The quantitative estimate of drug-likeness (QED) is 0.887. The maximum absolute atomic E-state index is 13.4. The average molecular weight is 282 g/mol. The van der Waals surface area contributed by atoms with Crippen LogP contribution < -0.4 is 10.6 Å². The molecule has 1 heterocycles. The number of amides is 1. The highest BCUT2D eigenvalue weighted by atomic mass is 19.1. The van der Waals surface area contributed by atoms with Crippen molar-refractivity contribution in [1.29, 1.82) is 0 Å². The fourth-order valence-electron chi connectivity index (χ4n) is 2.49. The Labute approximate surface area is 117 Å². The summed E-state index contributed by atoms with van der Waals surface area (Å²) in [7, 11) is 0. The summed E-state index contributed by atoms with van der Waals surface area (Å²) in [6.45, 7) is 3.88. The second-order valence-electron chi connectivity index (χ2n) is 5.38. The van der Waals surface area contributed by atoms with Crippen molar-refractivity contribution in [2.24, 2.45) is 5.92 Å². The highest BCUT2D eigenvalue weighted by Gasteiger charge is 2.22. The Balaban J connectivity index is 1.84. The number of hydrogen-bond donors (Lipinski definition) is 2. The number of rotatable bonds is 4. The summed E-state index contributed by atoms with van der Waals surface area (Å²) in [6, 6.07) is 3.49. The van der Waals surface area contributed by atoms with Crippen molar-refractivity contribution >= 4 is 5.91 Å². The first kappa shape index (κ1) is 14.9. The Hall–Kier alpha value is -1.49. The van der Waals surface area contributed by atoms with Gasteiger partial charge >= 0.3 is 0 Å². The van der Waals surface area contributed by atoms with Gasteiger partial charge in [0, 0.05) is 12.5 Å². The van der Waals surface area contributed by atoms with E-state index in [-0.39, 0.29) is 30.4 Å². The van der Waals surface area contributed by atoms with Crippen molar-refractivity contribution in [1.82, 2.24) is 10.6 Å². The Morgan fingerprint density at radius 3 is 3.00 bits per heavy atom. The minimum atomic E-state index is -0.478. The molecule has 2 N–H and O–H groups in total. The number of carbonyl (C=O) groups is 1. The van der Waals surface area contributed by atoms with Gasteiger partial charge in [0.2, 0.25) is 5.91 Å². The SMILES string of the molecule is CC1CNCCC1NC(=O)CCc1cc(F)ccc1F. The molecular formula is C15H20F2N2O. The number of carbonyl (C=O) groups excluding carboxylic acids is 1. The van der Waals surface area contributed by atoms with E-state index in [0.717, 1.165) is 37.7 Å². The number of piperidine rings is 1. The number of aryl methyl sites for hydroxylation is 1. The fraction of sp³-hybridized carbons (Fsp3) is 0.533. The summed E-state index contributed by atoms with van der Waals surface area (Å²) in [5.74, 6) is -0.658. The zero-order valence-electron chi connectivity index (χ0n) is 11.6. The predicted octanol–water partition coefficient (Wildman–Crippen LogP) is 2.01. The summed E-state index contributed by atoms with van der Waals surface area (Å²) in [6.07, 6.45) is 1.30. The first-order valence-electron chi connectivity index (χ1n) is 7.00. The number of hydrogen-bond acceptors (Lipinski definition) is 2. The van der Waals surface area contributed by atoms with Gasteiger partial charge in [0.05, 0.1) is 0 Å². The molecule has 0 aromatic heterocycles. The number of halogens is 2. The van der Waals surface area contributed by atoms with Crippen LogP contribution in [0.2, 0.25) is 0 Å². The van der Waals surface area contributed by atoms with Crippen LogP contribution >= 0.6 is 0 Å². The van der Waals surface area contributed by atoms with Gasteiger partial charge in [-0.1, -0.05) is 6.92 Å². The van der Waals surface area contributed by atoms with Crippen LogP contribution in [-0.2, 0) is 11.2 Å². The molecule has 2 rings (SSSR count). The molecule has 2 unspecified atom stereocenters. The topological polar surface area (TPSA) is 41.1 Å². The molecule has 0 saturated carbocycles. The lowest BCUT2D eigenvalue weighted by molar-refractivity contribution is -0.122. The van der Waals surface area contributed by atoms with E-state index in [1.165, 1.54) is 0 Å². The average Bonchev–Trinajstić information content (AvgIpc) is 2.42. The molecule has 1 fully saturated rings. The molecule has 1 aliphatic rings.